The molecule has 0 saturated carbocycles. The summed E-state index contributed by atoms with van der Waals surface area (Å²) in [6, 6.07) is 5.11. The lowest BCUT2D eigenvalue weighted by molar-refractivity contribution is -0.384. The zero-order valence-corrected chi connectivity index (χ0v) is 14.3. The molecule has 0 spiro atoms. The molecule has 0 aromatic heterocycles. The first-order valence-electron chi connectivity index (χ1n) is 5.81. The van der Waals surface area contributed by atoms with E-state index in [0.717, 1.165) is 0 Å². The molecule has 1 rings (SSSR count). The second kappa shape index (κ2) is 7.94. The Bertz CT molecular complexity index is 726. The number of benzene rings is 1. The second-order valence-electron chi connectivity index (χ2n) is 4.10. The van der Waals surface area contributed by atoms with Gasteiger partial charge in [0.25, 0.3) is 5.69 Å². The van der Waals surface area contributed by atoms with Crippen LogP contribution in [0.3, 0.4) is 0 Å². The number of rotatable bonds is 9. The maximum absolute atomic E-state index is 11.4. The van der Waals surface area contributed by atoms with Gasteiger partial charge in [-0.2, -0.15) is 8.62 Å². The van der Waals surface area contributed by atoms with Crippen molar-refractivity contribution in [3.63, 3.8) is 0 Å². The molecule has 0 amide bonds. The van der Waals surface area contributed by atoms with E-state index in [-0.39, 0.29) is 12.1 Å². The molecular formula is C8H12NO12P3. The smallest absolute Gasteiger partial charge is 0.302 e. The van der Waals surface area contributed by atoms with Crippen LogP contribution in [-0.2, 0) is 33.3 Å². The van der Waals surface area contributed by atoms with Crippen LogP contribution in [0.1, 0.15) is 5.56 Å². The minimum atomic E-state index is -5.54. The minimum Gasteiger partial charge on any atom is -0.302 e. The minimum absolute atomic E-state index is 0.0129. The van der Waals surface area contributed by atoms with Crippen molar-refractivity contribution in [2.24, 2.45) is 0 Å². The molecule has 0 aliphatic carbocycles. The van der Waals surface area contributed by atoms with Crippen LogP contribution in [0.4, 0.5) is 5.69 Å². The summed E-state index contributed by atoms with van der Waals surface area (Å²) in [6.45, 7) is -0.499. The predicted molar refractivity (Wildman–Crippen MR) is 76.6 cm³/mol. The number of phosphoric acid groups is 3. The summed E-state index contributed by atoms with van der Waals surface area (Å²) < 4.78 is 44.3. The summed E-state index contributed by atoms with van der Waals surface area (Å²) in [6.07, 6.45) is -0.0129. The number of nitro groups is 1. The van der Waals surface area contributed by atoms with Crippen molar-refractivity contribution in [3.05, 3.63) is 39.9 Å². The van der Waals surface area contributed by atoms with E-state index in [4.69, 9.17) is 14.7 Å². The highest BCUT2D eigenvalue weighted by Crippen LogP contribution is 2.66. The van der Waals surface area contributed by atoms with Crippen LogP contribution in [-0.4, -0.2) is 31.1 Å². The SMILES string of the molecule is O=[N+]([O-])c1ccc(CCOP(=O)(O)OP(=O)(O)OP(=O)(O)O)cc1. The molecule has 1 aromatic rings. The molecule has 24 heavy (non-hydrogen) atoms. The average molecular weight is 407 g/mol. The van der Waals surface area contributed by atoms with Crippen LogP contribution in [0.15, 0.2) is 24.3 Å². The molecular weight excluding hydrogens is 395 g/mol. The van der Waals surface area contributed by atoms with Crippen LogP contribution < -0.4 is 0 Å². The van der Waals surface area contributed by atoms with Crippen LogP contribution >= 0.6 is 23.5 Å². The number of non-ortho nitro benzene ring substituents is 1. The molecule has 1 aromatic carbocycles. The van der Waals surface area contributed by atoms with Crippen LogP contribution in [0.25, 0.3) is 0 Å². The number of nitrogens with zero attached hydrogens (tertiary/aromatic N) is 1. The topological polar surface area (TPSA) is 203 Å². The van der Waals surface area contributed by atoms with E-state index in [1.807, 2.05) is 0 Å². The summed E-state index contributed by atoms with van der Waals surface area (Å²) in [5.41, 5.74) is 0.325. The van der Waals surface area contributed by atoms with Crippen molar-refractivity contribution in [1.29, 1.82) is 0 Å². The van der Waals surface area contributed by atoms with E-state index in [1.54, 1.807) is 0 Å². The fraction of sp³-hybridized carbons (Fsp3) is 0.250. The predicted octanol–water partition coefficient (Wildman–Crippen LogP) is 1.48. The molecule has 13 nitrogen and oxygen atoms in total. The van der Waals surface area contributed by atoms with E-state index in [2.05, 4.69) is 13.1 Å². The van der Waals surface area contributed by atoms with Gasteiger partial charge in [0.05, 0.1) is 11.5 Å². The Kier molecular flexibility index (Phi) is 6.97. The van der Waals surface area contributed by atoms with E-state index in [0.29, 0.717) is 5.56 Å². The molecule has 16 heteroatoms. The Balaban J connectivity index is 2.56. The van der Waals surface area contributed by atoms with Gasteiger partial charge < -0.3 is 19.6 Å². The second-order valence-corrected chi connectivity index (χ2v) is 8.52. The summed E-state index contributed by atoms with van der Waals surface area (Å²) in [4.78, 5) is 44.7. The quantitative estimate of drug-likeness (QED) is 0.261. The fourth-order valence-corrected chi connectivity index (χ4v) is 4.38. The Morgan fingerprint density at radius 1 is 0.958 bits per heavy atom. The molecule has 0 aliphatic rings. The lowest BCUT2D eigenvalue weighted by Gasteiger charge is -2.16. The van der Waals surface area contributed by atoms with Crippen molar-refractivity contribution in [3.8, 4) is 0 Å². The summed E-state index contributed by atoms with van der Waals surface area (Å²) in [5, 5.41) is 10.5. The van der Waals surface area contributed by atoms with E-state index in [1.165, 1.54) is 24.3 Å². The first kappa shape index (κ1) is 21.1. The van der Waals surface area contributed by atoms with Gasteiger partial charge in [-0.25, -0.2) is 13.7 Å². The molecule has 0 fully saturated rings. The Labute approximate surface area is 134 Å². The van der Waals surface area contributed by atoms with Gasteiger partial charge in [0.15, 0.2) is 0 Å². The summed E-state index contributed by atoms with van der Waals surface area (Å²) >= 11 is 0. The number of hydrogen-bond donors (Lipinski definition) is 4. The summed E-state index contributed by atoms with van der Waals surface area (Å²) in [5.74, 6) is 0. The first-order valence-corrected chi connectivity index (χ1v) is 10.3. The molecule has 0 aliphatic heterocycles. The standard InChI is InChI=1S/C8H12NO12P3/c10-9(11)8-3-1-7(2-4-8)5-6-19-23(15,16)21-24(17,18)20-22(12,13)14/h1-4H,5-6H2,(H,15,16)(H,17,18)(H2,12,13,14). The number of phosphoric ester groups is 1. The fourth-order valence-electron chi connectivity index (χ4n) is 1.37. The molecule has 2 unspecified atom stereocenters. The Hall–Kier alpha value is -0.970. The van der Waals surface area contributed by atoms with Crippen LogP contribution in [0.5, 0.6) is 0 Å². The normalized spacial score (nSPS) is 17.0. The zero-order valence-electron chi connectivity index (χ0n) is 11.6. The molecule has 2 atom stereocenters. The van der Waals surface area contributed by atoms with Crippen molar-refractivity contribution in [2.75, 3.05) is 6.61 Å². The molecule has 0 saturated heterocycles. The Morgan fingerprint density at radius 2 is 1.50 bits per heavy atom. The third-order valence-electron chi connectivity index (χ3n) is 2.21. The van der Waals surface area contributed by atoms with Crippen molar-refractivity contribution in [1.82, 2.24) is 0 Å². The van der Waals surface area contributed by atoms with Gasteiger partial charge in [-0.3, -0.25) is 14.6 Å². The molecule has 0 heterocycles. The monoisotopic (exact) mass is 407 g/mol. The highest BCUT2D eigenvalue weighted by molar-refractivity contribution is 7.66. The van der Waals surface area contributed by atoms with Crippen molar-refractivity contribution in [2.45, 2.75) is 6.42 Å². The lowest BCUT2D eigenvalue weighted by Crippen LogP contribution is -2.00. The van der Waals surface area contributed by atoms with Gasteiger partial charge in [-0.1, -0.05) is 12.1 Å². The van der Waals surface area contributed by atoms with E-state index in [9.17, 15) is 28.7 Å². The van der Waals surface area contributed by atoms with Gasteiger partial charge in [-0.05, 0) is 12.0 Å². The lowest BCUT2D eigenvalue weighted by atomic mass is 10.1. The Morgan fingerprint density at radius 3 is 1.96 bits per heavy atom. The zero-order chi connectivity index (χ0) is 18.6. The largest absolute Gasteiger partial charge is 0.490 e. The molecule has 0 bridgehead atoms. The van der Waals surface area contributed by atoms with Gasteiger partial charge in [-0.15, -0.1) is 0 Å². The van der Waals surface area contributed by atoms with Crippen LogP contribution in [0.2, 0.25) is 0 Å². The first-order chi connectivity index (χ1) is 10.8. The number of hydrogen-bond acceptors (Lipinski definition) is 8. The highest BCUT2D eigenvalue weighted by atomic mass is 31.3. The third kappa shape index (κ3) is 8.22. The van der Waals surface area contributed by atoms with Crippen molar-refractivity contribution >= 4 is 29.2 Å². The third-order valence-corrected chi connectivity index (χ3v) is 6.04. The maximum Gasteiger partial charge on any atom is 0.490 e. The average Bonchev–Trinajstić information content (AvgIpc) is 2.34. The van der Waals surface area contributed by atoms with Gasteiger partial charge in [0.2, 0.25) is 0 Å². The highest BCUT2D eigenvalue weighted by Gasteiger charge is 2.40. The molecule has 4 N–H and O–H groups in total. The van der Waals surface area contributed by atoms with Crippen molar-refractivity contribution < 1.29 is 51.3 Å². The molecule has 136 valence electrons. The van der Waals surface area contributed by atoms with E-state index < -0.39 is 35.0 Å². The molecule has 0 radical (unpaired) electrons. The summed E-state index contributed by atoms with van der Waals surface area (Å²) in [7, 11) is -16.1. The van der Waals surface area contributed by atoms with Crippen LogP contribution in [0, 0.1) is 10.1 Å². The number of nitro benzene ring substituents is 1. The van der Waals surface area contributed by atoms with Gasteiger partial charge in [0.1, 0.15) is 0 Å². The van der Waals surface area contributed by atoms with Gasteiger partial charge >= 0.3 is 23.5 Å². The van der Waals surface area contributed by atoms with E-state index >= 15 is 0 Å². The maximum atomic E-state index is 11.4. The van der Waals surface area contributed by atoms with Gasteiger partial charge in [0, 0.05) is 12.1 Å².